The highest BCUT2D eigenvalue weighted by atomic mass is 14.9. The van der Waals surface area contributed by atoms with Crippen LogP contribution in [0.5, 0.6) is 0 Å². The fourth-order valence-electron chi connectivity index (χ4n) is 1.55. The van der Waals surface area contributed by atoms with Gasteiger partial charge in [0.1, 0.15) is 0 Å². The SMILES string of the molecule is C=C(C)CC(NC)c1ncccc1C. The molecule has 0 aromatic carbocycles. The van der Waals surface area contributed by atoms with E-state index in [0.29, 0.717) is 0 Å². The first-order chi connectivity index (χ1) is 6.65. The summed E-state index contributed by atoms with van der Waals surface area (Å²) in [5.74, 6) is 0. The van der Waals surface area contributed by atoms with Crippen LogP contribution in [0.25, 0.3) is 0 Å². The number of hydrogen-bond donors (Lipinski definition) is 1. The van der Waals surface area contributed by atoms with E-state index in [-0.39, 0.29) is 6.04 Å². The van der Waals surface area contributed by atoms with Gasteiger partial charge in [0, 0.05) is 6.20 Å². The maximum atomic E-state index is 4.40. The van der Waals surface area contributed by atoms with E-state index in [9.17, 15) is 0 Å². The fraction of sp³-hybridized carbons (Fsp3) is 0.417. The predicted molar refractivity (Wildman–Crippen MR) is 60.2 cm³/mol. The molecule has 0 aliphatic heterocycles. The molecule has 0 saturated carbocycles. The lowest BCUT2D eigenvalue weighted by Crippen LogP contribution is -2.18. The Morgan fingerprint density at radius 1 is 1.64 bits per heavy atom. The van der Waals surface area contributed by atoms with Crippen LogP contribution in [0.3, 0.4) is 0 Å². The van der Waals surface area contributed by atoms with Crippen LogP contribution in [-0.4, -0.2) is 12.0 Å². The third-order valence-corrected chi connectivity index (χ3v) is 2.28. The van der Waals surface area contributed by atoms with Crippen LogP contribution in [-0.2, 0) is 0 Å². The third kappa shape index (κ3) is 2.67. The highest BCUT2D eigenvalue weighted by Crippen LogP contribution is 2.20. The second kappa shape index (κ2) is 4.91. The molecule has 0 aliphatic carbocycles. The molecule has 76 valence electrons. The van der Waals surface area contributed by atoms with Crippen molar-refractivity contribution in [2.75, 3.05) is 7.05 Å². The zero-order valence-corrected chi connectivity index (χ0v) is 9.17. The van der Waals surface area contributed by atoms with Gasteiger partial charge in [-0.2, -0.15) is 0 Å². The van der Waals surface area contributed by atoms with Crippen molar-refractivity contribution >= 4 is 0 Å². The number of aryl methyl sites for hydroxylation is 1. The molecule has 1 N–H and O–H groups in total. The molecule has 0 bridgehead atoms. The smallest absolute Gasteiger partial charge is 0.0605 e. The van der Waals surface area contributed by atoms with Crippen LogP contribution in [0.15, 0.2) is 30.5 Å². The van der Waals surface area contributed by atoms with Crippen LogP contribution < -0.4 is 5.32 Å². The molecule has 0 aliphatic rings. The summed E-state index contributed by atoms with van der Waals surface area (Å²) in [6.07, 6.45) is 2.78. The molecule has 1 heterocycles. The Morgan fingerprint density at radius 3 is 2.86 bits per heavy atom. The van der Waals surface area contributed by atoms with Gasteiger partial charge in [0.2, 0.25) is 0 Å². The molecule has 1 rings (SSSR count). The van der Waals surface area contributed by atoms with Crippen LogP contribution in [0, 0.1) is 6.92 Å². The van der Waals surface area contributed by atoms with Crippen molar-refractivity contribution in [2.45, 2.75) is 26.3 Å². The maximum absolute atomic E-state index is 4.40. The molecule has 14 heavy (non-hydrogen) atoms. The number of nitrogens with one attached hydrogen (secondary N) is 1. The van der Waals surface area contributed by atoms with Crippen LogP contribution in [0.4, 0.5) is 0 Å². The molecule has 2 nitrogen and oxygen atoms in total. The number of nitrogens with zero attached hydrogens (tertiary/aromatic N) is 1. The number of hydrogen-bond acceptors (Lipinski definition) is 2. The minimum absolute atomic E-state index is 0.286. The molecule has 0 fully saturated rings. The van der Waals surface area contributed by atoms with E-state index >= 15 is 0 Å². The predicted octanol–water partition coefficient (Wildman–Crippen LogP) is 2.62. The quantitative estimate of drug-likeness (QED) is 0.738. The Hall–Kier alpha value is -1.15. The van der Waals surface area contributed by atoms with E-state index in [2.05, 4.69) is 29.9 Å². The minimum Gasteiger partial charge on any atom is -0.311 e. The van der Waals surface area contributed by atoms with Gasteiger partial charge in [-0.15, -0.1) is 6.58 Å². The van der Waals surface area contributed by atoms with Crippen molar-refractivity contribution in [3.05, 3.63) is 41.7 Å². The van der Waals surface area contributed by atoms with Crippen molar-refractivity contribution in [3.8, 4) is 0 Å². The molecule has 0 amide bonds. The second-order valence-electron chi connectivity index (χ2n) is 3.71. The topological polar surface area (TPSA) is 24.9 Å². The lowest BCUT2D eigenvalue weighted by atomic mass is 10.0. The molecule has 0 radical (unpaired) electrons. The van der Waals surface area contributed by atoms with Crippen molar-refractivity contribution < 1.29 is 0 Å². The van der Waals surface area contributed by atoms with Crippen LogP contribution in [0.2, 0.25) is 0 Å². The molecule has 1 atom stereocenters. The highest BCUT2D eigenvalue weighted by Gasteiger charge is 2.12. The van der Waals surface area contributed by atoms with Crippen molar-refractivity contribution in [1.82, 2.24) is 10.3 Å². The van der Waals surface area contributed by atoms with Crippen LogP contribution >= 0.6 is 0 Å². The lowest BCUT2D eigenvalue weighted by Gasteiger charge is -2.17. The van der Waals surface area contributed by atoms with Crippen LogP contribution in [0.1, 0.15) is 30.6 Å². The first kappa shape index (κ1) is 10.9. The molecular weight excluding hydrogens is 172 g/mol. The average molecular weight is 190 g/mol. The van der Waals surface area contributed by atoms with E-state index in [1.54, 1.807) is 0 Å². The molecular formula is C12H18N2. The van der Waals surface area contributed by atoms with Crippen molar-refractivity contribution in [2.24, 2.45) is 0 Å². The summed E-state index contributed by atoms with van der Waals surface area (Å²) in [5.41, 5.74) is 3.53. The molecule has 2 heteroatoms. The Balaban J connectivity index is 2.89. The number of aromatic nitrogens is 1. The van der Waals surface area contributed by atoms with E-state index < -0.39 is 0 Å². The van der Waals surface area contributed by atoms with Gasteiger partial charge in [-0.1, -0.05) is 11.6 Å². The maximum Gasteiger partial charge on any atom is 0.0605 e. The Kier molecular flexibility index (Phi) is 3.84. The lowest BCUT2D eigenvalue weighted by molar-refractivity contribution is 0.570. The first-order valence-electron chi connectivity index (χ1n) is 4.88. The number of rotatable bonds is 4. The normalized spacial score (nSPS) is 12.5. The van der Waals surface area contributed by atoms with Gasteiger partial charge < -0.3 is 5.32 Å². The minimum atomic E-state index is 0.286. The van der Waals surface area contributed by atoms with Gasteiger partial charge in [-0.05, 0) is 38.9 Å². The summed E-state index contributed by atoms with van der Waals surface area (Å²) in [5, 5.41) is 3.27. The van der Waals surface area contributed by atoms with E-state index in [1.807, 2.05) is 26.2 Å². The molecule has 0 spiro atoms. The summed E-state index contributed by atoms with van der Waals surface area (Å²) in [7, 11) is 1.96. The summed E-state index contributed by atoms with van der Waals surface area (Å²) >= 11 is 0. The largest absolute Gasteiger partial charge is 0.311 e. The summed E-state index contributed by atoms with van der Waals surface area (Å²) in [6, 6.07) is 4.34. The monoisotopic (exact) mass is 190 g/mol. The summed E-state index contributed by atoms with van der Waals surface area (Å²) in [4.78, 5) is 4.40. The van der Waals surface area contributed by atoms with E-state index in [0.717, 1.165) is 12.1 Å². The third-order valence-electron chi connectivity index (χ3n) is 2.28. The number of pyridine rings is 1. The summed E-state index contributed by atoms with van der Waals surface area (Å²) < 4.78 is 0. The van der Waals surface area contributed by atoms with Gasteiger partial charge in [-0.25, -0.2) is 0 Å². The standard InChI is InChI=1S/C12H18N2/c1-9(2)8-11(13-4)12-10(3)6-5-7-14-12/h5-7,11,13H,1,8H2,2-4H3. The Morgan fingerprint density at radius 2 is 2.36 bits per heavy atom. The molecule has 0 saturated heterocycles. The van der Waals surface area contributed by atoms with Gasteiger partial charge in [0.05, 0.1) is 11.7 Å². The Bertz CT molecular complexity index is 318. The second-order valence-corrected chi connectivity index (χ2v) is 3.71. The zero-order chi connectivity index (χ0) is 10.6. The first-order valence-corrected chi connectivity index (χ1v) is 4.88. The van der Waals surface area contributed by atoms with Gasteiger partial charge in [-0.3, -0.25) is 4.98 Å². The fourth-order valence-corrected chi connectivity index (χ4v) is 1.55. The molecule has 1 aromatic rings. The highest BCUT2D eigenvalue weighted by molar-refractivity contribution is 5.22. The van der Waals surface area contributed by atoms with E-state index in [1.165, 1.54) is 11.1 Å². The van der Waals surface area contributed by atoms with Crippen molar-refractivity contribution in [1.29, 1.82) is 0 Å². The van der Waals surface area contributed by atoms with Gasteiger partial charge in [0.15, 0.2) is 0 Å². The average Bonchev–Trinajstić information content (AvgIpc) is 2.15. The van der Waals surface area contributed by atoms with Gasteiger partial charge >= 0.3 is 0 Å². The van der Waals surface area contributed by atoms with E-state index in [4.69, 9.17) is 0 Å². The molecule has 1 unspecified atom stereocenters. The van der Waals surface area contributed by atoms with Crippen molar-refractivity contribution in [3.63, 3.8) is 0 Å². The molecule has 1 aromatic heterocycles. The van der Waals surface area contributed by atoms with Gasteiger partial charge in [0.25, 0.3) is 0 Å². The summed E-state index contributed by atoms with van der Waals surface area (Å²) in [6.45, 7) is 8.06. The Labute approximate surface area is 86.1 Å². The zero-order valence-electron chi connectivity index (χ0n) is 9.17.